The fraction of sp³-hybridized carbons (Fsp3) is 0.286. The Kier molecular flexibility index (Phi) is 12.8. The number of oxime groups is 1. The summed E-state index contributed by atoms with van der Waals surface area (Å²) in [6, 6.07) is 23.3. The van der Waals surface area contributed by atoms with Crippen LogP contribution < -0.4 is 16.4 Å². The lowest BCUT2D eigenvalue weighted by Gasteiger charge is -2.28. The SMILES string of the molecule is [N-]=[N+]=Nc1ccc(C2=NOC(CC(CP(=O)(O)[C@H](Cc3ccccc3)NC(=O)OCc3ccccc3)C(=O)N[C@@H](Cc3cnc[nH]3)C(N)=O)C2)cc1. The van der Waals surface area contributed by atoms with Gasteiger partial charge in [0.05, 0.1) is 18.0 Å². The van der Waals surface area contributed by atoms with Gasteiger partial charge in [0, 0.05) is 47.9 Å². The zero-order valence-corrected chi connectivity index (χ0v) is 28.8. The number of rotatable bonds is 17. The van der Waals surface area contributed by atoms with Crippen LogP contribution in [0.25, 0.3) is 10.4 Å². The molecule has 16 nitrogen and oxygen atoms in total. The number of aromatic nitrogens is 2. The molecule has 52 heavy (non-hydrogen) atoms. The summed E-state index contributed by atoms with van der Waals surface area (Å²) in [4.78, 5) is 66.3. The van der Waals surface area contributed by atoms with E-state index in [2.05, 4.69) is 35.8 Å². The largest absolute Gasteiger partial charge is 0.445 e. The highest BCUT2D eigenvalue weighted by atomic mass is 31.2. The monoisotopic (exact) mass is 727 g/mol. The molecule has 0 aliphatic carbocycles. The molecule has 270 valence electrons. The maximum atomic E-state index is 14.4. The third-order valence-corrected chi connectivity index (χ3v) is 10.6. The lowest BCUT2D eigenvalue weighted by Crippen LogP contribution is -2.49. The van der Waals surface area contributed by atoms with Gasteiger partial charge in [0.1, 0.15) is 24.5 Å². The summed E-state index contributed by atoms with van der Waals surface area (Å²) in [5.41, 5.74) is 17.9. The molecule has 4 aromatic rings. The highest BCUT2D eigenvalue weighted by molar-refractivity contribution is 7.58. The van der Waals surface area contributed by atoms with Crippen molar-refractivity contribution >= 4 is 36.7 Å². The van der Waals surface area contributed by atoms with Gasteiger partial charge >= 0.3 is 6.09 Å². The second-order valence-corrected chi connectivity index (χ2v) is 14.7. The van der Waals surface area contributed by atoms with Crippen molar-refractivity contribution in [1.29, 1.82) is 0 Å². The first kappa shape index (κ1) is 37.3. The Balaban J connectivity index is 1.36. The Bertz CT molecular complexity index is 1940. The molecule has 5 atom stereocenters. The Hall–Kier alpha value is -5.95. The van der Waals surface area contributed by atoms with Crippen LogP contribution in [0.3, 0.4) is 0 Å². The first-order valence-electron chi connectivity index (χ1n) is 16.4. The molecular weight excluding hydrogens is 689 g/mol. The normalized spacial score (nSPS) is 16.5. The number of hydrogen-bond donors (Lipinski definition) is 5. The van der Waals surface area contributed by atoms with E-state index in [0.29, 0.717) is 28.2 Å². The first-order chi connectivity index (χ1) is 25.1. The van der Waals surface area contributed by atoms with E-state index in [0.717, 1.165) is 5.56 Å². The van der Waals surface area contributed by atoms with Crippen molar-refractivity contribution < 1.29 is 33.4 Å². The molecule has 3 amide bonds. The first-order valence-corrected chi connectivity index (χ1v) is 18.3. The van der Waals surface area contributed by atoms with Gasteiger partial charge in [-0.25, -0.2) is 9.78 Å². The van der Waals surface area contributed by atoms with E-state index in [1.165, 1.54) is 12.5 Å². The van der Waals surface area contributed by atoms with E-state index in [-0.39, 0.29) is 32.3 Å². The number of nitrogens with one attached hydrogen (secondary N) is 3. The number of hydrogen-bond acceptors (Lipinski definition) is 9. The van der Waals surface area contributed by atoms with Gasteiger partial charge in [-0.1, -0.05) is 95.2 Å². The second kappa shape index (κ2) is 17.8. The van der Waals surface area contributed by atoms with Crippen LogP contribution in [0.4, 0.5) is 10.5 Å². The van der Waals surface area contributed by atoms with Gasteiger partial charge in [0.2, 0.25) is 19.2 Å². The quantitative estimate of drug-likeness (QED) is 0.0435. The van der Waals surface area contributed by atoms with Gasteiger partial charge < -0.3 is 35.8 Å². The number of carbonyl (C=O) groups is 3. The zero-order chi connectivity index (χ0) is 36.9. The number of nitrogens with two attached hydrogens (primary N) is 1. The summed E-state index contributed by atoms with van der Waals surface area (Å²) in [5, 5.41) is 13.0. The van der Waals surface area contributed by atoms with Crippen LogP contribution in [0.1, 0.15) is 35.2 Å². The summed E-state index contributed by atoms with van der Waals surface area (Å²) in [6.07, 6.45) is 0.905. The van der Waals surface area contributed by atoms with Crippen molar-refractivity contribution in [2.75, 3.05) is 6.16 Å². The van der Waals surface area contributed by atoms with Gasteiger partial charge in [-0.15, -0.1) is 0 Å². The van der Waals surface area contributed by atoms with Crippen LogP contribution >= 0.6 is 7.37 Å². The molecule has 3 aromatic carbocycles. The van der Waals surface area contributed by atoms with E-state index in [1.807, 2.05) is 6.07 Å². The maximum Gasteiger partial charge on any atom is 0.408 e. The van der Waals surface area contributed by atoms with E-state index < -0.39 is 55.3 Å². The van der Waals surface area contributed by atoms with Gasteiger partial charge in [0.25, 0.3) is 0 Å². The molecule has 17 heteroatoms. The number of carbonyl (C=O) groups excluding carboxylic acids is 3. The predicted molar refractivity (Wildman–Crippen MR) is 191 cm³/mol. The van der Waals surface area contributed by atoms with Crippen molar-refractivity contribution in [1.82, 2.24) is 20.6 Å². The van der Waals surface area contributed by atoms with Crippen molar-refractivity contribution in [3.63, 3.8) is 0 Å². The van der Waals surface area contributed by atoms with Crippen LogP contribution in [-0.4, -0.2) is 62.6 Å². The van der Waals surface area contributed by atoms with E-state index in [4.69, 9.17) is 20.8 Å². The average Bonchev–Trinajstić information content (AvgIpc) is 3.84. The fourth-order valence-electron chi connectivity index (χ4n) is 5.68. The van der Waals surface area contributed by atoms with Crippen molar-refractivity contribution in [2.24, 2.45) is 21.9 Å². The molecule has 0 bridgehead atoms. The molecule has 6 N–H and O–H groups in total. The van der Waals surface area contributed by atoms with Gasteiger partial charge in [-0.3, -0.25) is 14.2 Å². The number of azide groups is 1. The average molecular weight is 728 g/mol. The van der Waals surface area contributed by atoms with Gasteiger partial charge in [0.15, 0.2) is 0 Å². The number of amides is 3. The Morgan fingerprint density at radius 1 is 1.04 bits per heavy atom. The summed E-state index contributed by atoms with van der Waals surface area (Å²) in [7, 11) is -4.43. The zero-order valence-electron chi connectivity index (χ0n) is 27.9. The van der Waals surface area contributed by atoms with Gasteiger partial charge in [-0.05, 0) is 28.6 Å². The second-order valence-electron chi connectivity index (χ2n) is 12.2. The smallest absolute Gasteiger partial charge is 0.408 e. The molecule has 1 aromatic heterocycles. The number of primary amides is 1. The number of benzene rings is 3. The molecule has 0 spiro atoms. The van der Waals surface area contributed by atoms with Crippen LogP contribution in [0.15, 0.2) is 108 Å². The Labute approximate surface area is 298 Å². The molecule has 1 aliphatic rings. The summed E-state index contributed by atoms with van der Waals surface area (Å²) in [6.45, 7) is -0.0635. The standard InChI is InChI=1S/C35H38N9O7P/c36-33(45)31(17-28-19-38-22-39-28)40-34(46)26(16-29-18-30(43-51-29)25-11-13-27(14-12-25)42-44-37)21-52(48,49)32(15-23-7-3-1-4-8-23)41-35(47)50-20-24-9-5-2-6-10-24/h1-14,19,22,26,29,31-32H,15-18,20-21H2,(H2,36,45)(H,38,39)(H,40,46)(H,41,47)(H,48,49)/t26?,29?,31-,32+/m0/s1. The van der Waals surface area contributed by atoms with Crippen LogP contribution in [0.2, 0.25) is 0 Å². The maximum absolute atomic E-state index is 14.4. The highest BCUT2D eigenvalue weighted by Gasteiger charge is 2.40. The minimum absolute atomic E-state index is 0.00898. The summed E-state index contributed by atoms with van der Waals surface area (Å²) >= 11 is 0. The molecule has 2 heterocycles. The minimum atomic E-state index is -4.43. The van der Waals surface area contributed by atoms with Crippen molar-refractivity contribution in [2.45, 2.75) is 50.2 Å². The molecule has 3 unspecified atom stereocenters. The van der Waals surface area contributed by atoms with E-state index in [9.17, 15) is 23.8 Å². The Morgan fingerprint density at radius 2 is 1.73 bits per heavy atom. The lowest BCUT2D eigenvalue weighted by atomic mass is 9.96. The summed E-state index contributed by atoms with van der Waals surface area (Å²) < 4.78 is 19.7. The topological polar surface area (TPSA) is 247 Å². The molecule has 1 aliphatic heterocycles. The van der Waals surface area contributed by atoms with Crippen LogP contribution in [0, 0.1) is 5.92 Å². The summed E-state index contributed by atoms with van der Waals surface area (Å²) in [5.74, 6) is -4.05. The minimum Gasteiger partial charge on any atom is -0.445 e. The number of ether oxygens (including phenoxy) is 1. The predicted octanol–water partition coefficient (Wildman–Crippen LogP) is 4.83. The Morgan fingerprint density at radius 3 is 2.37 bits per heavy atom. The number of imidazole rings is 1. The number of nitrogens with zero attached hydrogens (tertiary/aromatic N) is 5. The molecule has 0 radical (unpaired) electrons. The highest BCUT2D eigenvalue weighted by Crippen LogP contribution is 2.49. The third kappa shape index (κ3) is 10.8. The molecule has 5 rings (SSSR count). The molecule has 0 fully saturated rings. The fourth-order valence-corrected chi connectivity index (χ4v) is 7.69. The number of alkyl carbamates (subject to hydrolysis) is 1. The lowest BCUT2D eigenvalue weighted by molar-refractivity contribution is -0.130. The van der Waals surface area contributed by atoms with E-state index >= 15 is 0 Å². The van der Waals surface area contributed by atoms with Crippen molar-refractivity contribution in [3.8, 4) is 0 Å². The molecular formula is C35H38N9O7P. The number of aromatic amines is 1. The number of H-pyrrole nitrogens is 1. The van der Waals surface area contributed by atoms with Crippen LogP contribution in [0.5, 0.6) is 0 Å². The van der Waals surface area contributed by atoms with E-state index in [1.54, 1.807) is 78.9 Å². The van der Waals surface area contributed by atoms with Crippen LogP contribution in [-0.2, 0) is 43.2 Å². The van der Waals surface area contributed by atoms with Gasteiger partial charge in [-0.2, -0.15) is 0 Å². The molecule has 0 saturated heterocycles. The third-order valence-electron chi connectivity index (χ3n) is 8.39. The molecule has 0 saturated carbocycles. The van der Waals surface area contributed by atoms with Crippen molar-refractivity contribution in [3.05, 3.63) is 130 Å².